The van der Waals surface area contributed by atoms with E-state index in [1.54, 1.807) is 10.9 Å². The fourth-order valence-electron chi connectivity index (χ4n) is 2.65. The highest BCUT2D eigenvalue weighted by atomic mass is 15.0. The maximum absolute atomic E-state index is 9.12. The Bertz CT molecular complexity index is 621. The summed E-state index contributed by atoms with van der Waals surface area (Å²) in [5.41, 5.74) is 6.89. The van der Waals surface area contributed by atoms with Gasteiger partial charge in [0.2, 0.25) is 0 Å². The van der Waals surface area contributed by atoms with Crippen molar-refractivity contribution < 1.29 is 0 Å². The summed E-state index contributed by atoms with van der Waals surface area (Å²) >= 11 is 0. The van der Waals surface area contributed by atoms with Gasteiger partial charge in [-0.25, -0.2) is 4.98 Å². The molecule has 0 aliphatic heterocycles. The molecule has 1 aromatic heterocycles. The standard InChI is InChI=1S/C16H19N3/c1-11-7-12(2)14(13(3)8-11)5-6-15-16(9-17)19(4)10-18-15/h7-8,10H,5-6H2,1-4H3. The van der Waals surface area contributed by atoms with Gasteiger partial charge in [-0.05, 0) is 50.3 Å². The van der Waals surface area contributed by atoms with E-state index < -0.39 is 0 Å². The SMILES string of the molecule is Cc1cc(C)c(CCc2ncn(C)c2C#N)c(C)c1. The third-order valence-corrected chi connectivity index (χ3v) is 3.57. The quantitative estimate of drug-likeness (QED) is 0.843. The smallest absolute Gasteiger partial charge is 0.142 e. The first kappa shape index (κ1) is 13.4. The van der Waals surface area contributed by atoms with Gasteiger partial charge in [-0.2, -0.15) is 5.26 Å². The minimum atomic E-state index is 0.669. The largest absolute Gasteiger partial charge is 0.325 e. The van der Waals surface area contributed by atoms with E-state index in [0.29, 0.717) is 5.69 Å². The predicted molar refractivity (Wildman–Crippen MR) is 76.0 cm³/mol. The summed E-state index contributed by atoms with van der Waals surface area (Å²) in [5.74, 6) is 0. The molecule has 19 heavy (non-hydrogen) atoms. The van der Waals surface area contributed by atoms with Gasteiger partial charge in [0, 0.05) is 7.05 Å². The van der Waals surface area contributed by atoms with Crippen LogP contribution in [-0.2, 0) is 19.9 Å². The Hall–Kier alpha value is -2.08. The highest BCUT2D eigenvalue weighted by Gasteiger charge is 2.10. The van der Waals surface area contributed by atoms with Crippen LogP contribution in [0.4, 0.5) is 0 Å². The Morgan fingerprint density at radius 1 is 1.16 bits per heavy atom. The lowest BCUT2D eigenvalue weighted by atomic mass is 9.95. The number of rotatable bonds is 3. The van der Waals surface area contributed by atoms with E-state index in [-0.39, 0.29) is 0 Å². The number of benzene rings is 1. The second-order valence-electron chi connectivity index (χ2n) is 5.14. The van der Waals surface area contributed by atoms with Gasteiger partial charge in [-0.1, -0.05) is 17.7 Å². The molecule has 0 saturated carbocycles. The summed E-state index contributed by atoms with van der Waals surface area (Å²) in [6, 6.07) is 6.65. The number of aryl methyl sites for hydroxylation is 5. The van der Waals surface area contributed by atoms with Gasteiger partial charge in [0.15, 0.2) is 0 Å². The number of imidazole rings is 1. The molecule has 0 aliphatic carbocycles. The van der Waals surface area contributed by atoms with Gasteiger partial charge in [0.05, 0.1) is 12.0 Å². The van der Waals surface area contributed by atoms with Crippen LogP contribution in [0.15, 0.2) is 18.5 Å². The highest BCUT2D eigenvalue weighted by molar-refractivity contribution is 5.38. The Morgan fingerprint density at radius 3 is 2.37 bits per heavy atom. The van der Waals surface area contributed by atoms with E-state index in [2.05, 4.69) is 44.0 Å². The lowest BCUT2D eigenvalue weighted by Crippen LogP contribution is -2.01. The van der Waals surface area contributed by atoms with Gasteiger partial charge in [0.25, 0.3) is 0 Å². The lowest BCUT2D eigenvalue weighted by molar-refractivity contribution is 0.878. The Balaban J connectivity index is 2.22. The Morgan fingerprint density at radius 2 is 1.79 bits per heavy atom. The van der Waals surface area contributed by atoms with Crippen molar-refractivity contribution in [2.24, 2.45) is 7.05 Å². The van der Waals surface area contributed by atoms with Crippen LogP contribution in [-0.4, -0.2) is 9.55 Å². The first-order valence-electron chi connectivity index (χ1n) is 6.50. The van der Waals surface area contributed by atoms with Gasteiger partial charge in [-0.3, -0.25) is 0 Å². The van der Waals surface area contributed by atoms with Crippen molar-refractivity contribution in [1.82, 2.24) is 9.55 Å². The number of nitriles is 1. The molecule has 2 aromatic rings. The predicted octanol–water partition coefficient (Wildman–Crippen LogP) is 3.00. The topological polar surface area (TPSA) is 41.6 Å². The first-order chi connectivity index (χ1) is 9.02. The maximum atomic E-state index is 9.12. The summed E-state index contributed by atoms with van der Waals surface area (Å²) < 4.78 is 1.78. The first-order valence-corrected chi connectivity index (χ1v) is 6.50. The van der Waals surface area contributed by atoms with Crippen LogP contribution in [0.25, 0.3) is 0 Å². The van der Waals surface area contributed by atoms with Crippen molar-refractivity contribution in [2.45, 2.75) is 33.6 Å². The molecule has 0 unspecified atom stereocenters. The normalized spacial score (nSPS) is 10.5. The number of hydrogen-bond acceptors (Lipinski definition) is 2. The summed E-state index contributed by atoms with van der Waals surface area (Å²) in [6.07, 6.45) is 3.46. The average Bonchev–Trinajstić information content (AvgIpc) is 2.68. The fourth-order valence-corrected chi connectivity index (χ4v) is 2.65. The second kappa shape index (κ2) is 5.27. The van der Waals surface area contributed by atoms with Gasteiger partial charge < -0.3 is 4.57 Å². The monoisotopic (exact) mass is 253 g/mol. The third kappa shape index (κ3) is 2.68. The van der Waals surface area contributed by atoms with Crippen molar-refractivity contribution in [3.05, 3.63) is 52.1 Å². The minimum Gasteiger partial charge on any atom is -0.325 e. The molecular formula is C16H19N3. The molecule has 0 N–H and O–H groups in total. The molecule has 0 spiro atoms. The van der Waals surface area contributed by atoms with Crippen molar-refractivity contribution in [2.75, 3.05) is 0 Å². The molecule has 98 valence electrons. The average molecular weight is 253 g/mol. The van der Waals surface area contributed by atoms with Crippen molar-refractivity contribution >= 4 is 0 Å². The van der Waals surface area contributed by atoms with Crippen LogP contribution < -0.4 is 0 Å². The summed E-state index contributed by atoms with van der Waals surface area (Å²) in [6.45, 7) is 6.42. The molecule has 0 aliphatic rings. The maximum Gasteiger partial charge on any atom is 0.142 e. The number of nitrogens with zero attached hydrogens (tertiary/aromatic N) is 3. The molecule has 0 radical (unpaired) electrons. The van der Waals surface area contributed by atoms with E-state index in [0.717, 1.165) is 18.5 Å². The second-order valence-corrected chi connectivity index (χ2v) is 5.14. The summed E-state index contributed by atoms with van der Waals surface area (Å²) in [4.78, 5) is 4.32. The third-order valence-electron chi connectivity index (χ3n) is 3.57. The molecule has 0 saturated heterocycles. The zero-order valence-electron chi connectivity index (χ0n) is 12.0. The van der Waals surface area contributed by atoms with Crippen LogP contribution in [0.3, 0.4) is 0 Å². The van der Waals surface area contributed by atoms with Gasteiger partial charge >= 0.3 is 0 Å². The molecular weight excluding hydrogens is 234 g/mol. The van der Waals surface area contributed by atoms with Crippen molar-refractivity contribution in [1.29, 1.82) is 5.26 Å². The van der Waals surface area contributed by atoms with E-state index in [4.69, 9.17) is 5.26 Å². The zero-order chi connectivity index (χ0) is 14.0. The van der Waals surface area contributed by atoms with Crippen molar-refractivity contribution in [3.8, 4) is 6.07 Å². The van der Waals surface area contributed by atoms with E-state index in [1.807, 2.05) is 7.05 Å². The molecule has 1 heterocycles. The fraction of sp³-hybridized carbons (Fsp3) is 0.375. The van der Waals surface area contributed by atoms with Crippen LogP contribution in [0.1, 0.15) is 33.6 Å². The zero-order valence-corrected chi connectivity index (χ0v) is 12.0. The molecule has 0 amide bonds. The summed E-state index contributed by atoms with van der Waals surface area (Å²) in [7, 11) is 1.86. The van der Waals surface area contributed by atoms with Crippen LogP contribution in [0, 0.1) is 32.1 Å². The molecule has 0 atom stereocenters. The minimum absolute atomic E-state index is 0.669. The van der Waals surface area contributed by atoms with Crippen molar-refractivity contribution in [3.63, 3.8) is 0 Å². The number of hydrogen-bond donors (Lipinski definition) is 0. The Labute approximate surface area is 114 Å². The lowest BCUT2D eigenvalue weighted by Gasteiger charge is -2.10. The molecule has 3 heteroatoms. The molecule has 3 nitrogen and oxygen atoms in total. The van der Waals surface area contributed by atoms with E-state index in [9.17, 15) is 0 Å². The molecule has 0 bridgehead atoms. The molecule has 1 aromatic carbocycles. The van der Waals surface area contributed by atoms with Gasteiger partial charge in [0.1, 0.15) is 11.8 Å². The van der Waals surface area contributed by atoms with Crippen LogP contribution in [0.2, 0.25) is 0 Å². The van der Waals surface area contributed by atoms with Crippen LogP contribution >= 0.6 is 0 Å². The molecule has 0 fully saturated rings. The Kier molecular flexibility index (Phi) is 3.71. The van der Waals surface area contributed by atoms with E-state index in [1.165, 1.54) is 22.3 Å². The summed E-state index contributed by atoms with van der Waals surface area (Å²) in [5, 5.41) is 9.12. The van der Waals surface area contributed by atoms with Crippen LogP contribution in [0.5, 0.6) is 0 Å². The van der Waals surface area contributed by atoms with E-state index >= 15 is 0 Å². The highest BCUT2D eigenvalue weighted by Crippen LogP contribution is 2.19. The van der Waals surface area contributed by atoms with Gasteiger partial charge in [-0.15, -0.1) is 0 Å². The number of aromatic nitrogens is 2. The molecule has 2 rings (SSSR count).